The van der Waals surface area contributed by atoms with Gasteiger partial charge in [-0.1, -0.05) is 18.2 Å². The van der Waals surface area contributed by atoms with Crippen LogP contribution in [0.2, 0.25) is 0 Å². The molecule has 0 N–H and O–H groups in total. The smallest absolute Gasteiger partial charge is 0.205 e. The predicted molar refractivity (Wildman–Crippen MR) is 84.6 cm³/mol. The average Bonchev–Trinajstić information content (AvgIpc) is 2.48. The molecule has 3 rings (SSSR count). The molecule has 2 heterocycles. The van der Waals surface area contributed by atoms with E-state index in [4.69, 9.17) is 0 Å². The quantitative estimate of drug-likeness (QED) is 0.533. The first-order valence-corrected chi connectivity index (χ1v) is 7.80. The van der Waals surface area contributed by atoms with Crippen LogP contribution in [0.1, 0.15) is 39.5 Å². The van der Waals surface area contributed by atoms with E-state index in [-0.39, 0.29) is 29.5 Å². The lowest BCUT2D eigenvalue weighted by Gasteiger charge is -2.35. The van der Waals surface area contributed by atoms with Gasteiger partial charge in [0.15, 0.2) is 11.8 Å². The van der Waals surface area contributed by atoms with E-state index in [1.54, 1.807) is 0 Å². The van der Waals surface area contributed by atoms with Crippen molar-refractivity contribution in [1.82, 2.24) is 4.90 Å². The number of hydrogen-bond acceptors (Lipinski definition) is 1. The van der Waals surface area contributed by atoms with Crippen LogP contribution in [-0.2, 0) is 0 Å². The molecule has 2 nitrogen and oxygen atoms in total. The lowest BCUT2D eigenvalue weighted by atomic mass is 9.92. The van der Waals surface area contributed by atoms with Crippen molar-refractivity contribution in [2.75, 3.05) is 13.1 Å². The van der Waals surface area contributed by atoms with E-state index in [9.17, 15) is 0 Å². The molecule has 1 aromatic carbocycles. The number of hydrogen-bond donors (Lipinski definition) is 0. The van der Waals surface area contributed by atoms with E-state index < -0.39 is 0 Å². The molecule has 0 aromatic heterocycles. The van der Waals surface area contributed by atoms with Gasteiger partial charge in [-0.2, -0.15) is 4.58 Å². The van der Waals surface area contributed by atoms with Crippen LogP contribution in [0.25, 0.3) is 0 Å². The fourth-order valence-electron chi connectivity index (χ4n) is 3.37. The molecular weight excluding hydrogens is 371 g/mol. The van der Waals surface area contributed by atoms with E-state index in [1.807, 2.05) is 0 Å². The predicted octanol–water partition coefficient (Wildman–Crippen LogP) is 0.957. The molecule has 0 amide bonds. The Morgan fingerprint density at radius 3 is 2.29 bits per heavy atom. The molecule has 114 valence electrons. The van der Waals surface area contributed by atoms with Crippen molar-refractivity contribution in [2.24, 2.45) is 0 Å². The summed E-state index contributed by atoms with van der Waals surface area (Å²) in [7, 11) is 0. The molecule has 21 heavy (non-hydrogen) atoms. The molecule has 0 bridgehead atoms. The summed E-state index contributed by atoms with van der Waals surface area (Å²) >= 11 is 0. The highest BCUT2D eigenvalue weighted by atomic mass is 127. The SMILES string of the molecule is CC1(C)CC(N2CCCCC2)=CC=[N+]1c1ccccc1.[I-]. The molecule has 0 atom stereocenters. The number of allylic oxidation sites excluding steroid dienone is 1. The molecule has 1 saturated heterocycles. The second-order valence-corrected chi connectivity index (χ2v) is 6.55. The van der Waals surface area contributed by atoms with Gasteiger partial charge in [-0.15, -0.1) is 0 Å². The summed E-state index contributed by atoms with van der Waals surface area (Å²) in [4.78, 5) is 2.59. The second kappa shape index (κ2) is 6.95. The lowest BCUT2D eigenvalue weighted by molar-refractivity contribution is -0.522. The zero-order valence-corrected chi connectivity index (χ0v) is 15.2. The first-order valence-electron chi connectivity index (χ1n) is 7.80. The Morgan fingerprint density at radius 1 is 1.00 bits per heavy atom. The van der Waals surface area contributed by atoms with Gasteiger partial charge in [0.2, 0.25) is 5.69 Å². The third kappa shape index (κ3) is 3.68. The maximum atomic E-state index is 2.59. The van der Waals surface area contributed by atoms with Gasteiger partial charge in [0.25, 0.3) is 0 Å². The van der Waals surface area contributed by atoms with Crippen LogP contribution in [0.15, 0.2) is 42.1 Å². The molecule has 2 aliphatic rings. The summed E-state index contributed by atoms with van der Waals surface area (Å²) in [6.45, 7) is 7.16. The van der Waals surface area contributed by atoms with E-state index in [1.165, 1.54) is 43.7 Å². The Kier molecular flexibility index (Phi) is 5.47. The van der Waals surface area contributed by atoms with Gasteiger partial charge in [-0.3, -0.25) is 0 Å². The summed E-state index contributed by atoms with van der Waals surface area (Å²) in [6, 6.07) is 10.7. The monoisotopic (exact) mass is 396 g/mol. The van der Waals surface area contributed by atoms with E-state index >= 15 is 0 Å². The van der Waals surface area contributed by atoms with Crippen molar-refractivity contribution in [3.63, 3.8) is 0 Å². The summed E-state index contributed by atoms with van der Waals surface area (Å²) in [5, 5.41) is 0. The topological polar surface area (TPSA) is 6.25 Å². The molecule has 0 spiro atoms. The van der Waals surface area contributed by atoms with Crippen LogP contribution in [0.3, 0.4) is 0 Å². The minimum atomic E-state index is 0. The van der Waals surface area contributed by atoms with Gasteiger partial charge in [0, 0.05) is 50.8 Å². The van der Waals surface area contributed by atoms with Crippen molar-refractivity contribution < 1.29 is 28.6 Å². The highest BCUT2D eigenvalue weighted by Crippen LogP contribution is 2.31. The summed E-state index contributed by atoms with van der Waals surface area (Å²) in [6.07, 6.45) is 9.80. The number of para-hydroxylation sites is 1. The number of halogens is 1. The molecule has 1 fully saturated rings. The fourth-order valence-corrected chi connectivity index (χ4v) is 3.37. The second-order valence-electron chi connectivity index (χ2n) is 6.55. The summed E-state index contributed by atoms with van der Waals surface area (Å²) in [5.41, 5.74) is 2.94. The van der Waals surface area contributed by atoms with Crippen molar-refractivity contribution >= 4 is 11.9 Å². The Labute approximate surface area is 145 Å². The molecule has 0 radical (unpaired) electrons. The van der Waals surface area contributed by atoms with Crippen LogP contribution < -0.4 is 24.0 Å². The Balaban J connectivity index is 0.00000161. The van der Waals surface area contributed by atoms with E-state index in [0.717, 1.165) is 6.42 Å². The minimum absolute atomic E-state index is 0. The highest BCUT2D eigenvalue weighted by molar-refractivity contribution is 5.70. The zero-order chi connectivity index (χ0) is 14.0. The van der Waals surface area contributed by atoms with Crippen LogP contribution in [0.5, 0.6) is 0 Å². The van der Waals surface area contributed by atoms with Crippen molar-refractivity contribution in [2.45, 2.75) is 45.1 Å². The number of piperidine rings is 1. The first kappa shape index (κ1) is 16.5. The fraction of sp³-hybridized carbons (Fsp3) is 0.500. The van der Waals surface area contributed by atoms with Crippen LogP contribution in [-0.4, -0.2) is 34.3 Å². The maximum Gasteiger partial charge on any atom is 0.205 e. The van der Waals surface area contributed by atoms with Gasteiger partial charge in [0.05, 0.1) is 6.42 Å². The molecule has 1 aromatic rings. The van der Waals surface area contributed by atoms with Crippen LogP contribution in [0, 0.1) is 0 Å². The zero-order valence-electron chi connectivity index (χ0n) is 13.1. The summed E-state index contributed by atoms with van der Waals surface area (Å²) in [5.74, 6) is 0. The minimum Gasteiger partial charge on any atom is -1.00 e. The highest BCUT2D eigenvalue weighted by Gasteiger charge is 2.36. The lowest BCUT2D eigenvalue weighted by Crippen LogP contribution is -3.00. The Bertz CT molecular complexity index is 525. The standard InChI is InChI=1S/C18H25N2.HI/c1-18(2)15-17(19-12-7-4-8-13-19)11-14-20(18)16-9-5-3-6-10-16;/h3,5-6,9-11,14H,4,7-8,12-13,15H2,1-2H3;1H/q+1;/p-1. The first-order chi connectivity index (χ1) is 9.67. The molecule has 3 heteroatoms. The molecule has 2 aliphatic heterocycles. The molecule has 0 unspecified atom stereocenters. The van der Waals surface area contributed by atoms with Crippen molar-refractivity contribution in [3.05, 3.63) is 42.1 Å². The average molecular weight is 396 g/mol. The number of rotatable bonds is 2. The third-order valence-electron chi connectivity index (χ3n) is 4.48. The Hall–Kier alpha value is -0.840. The van der Waals surface area contributed by atoms with Gasteiger partial charge < -0.3 is 28.9 Å². The number of nitrogens with zero attached hydrogens (tertiary/aromatic N) is 2. The molecule has 0 saturated carbocycles. The van der Waals surface area contributed by atoms with E-state index in [2.05, 4.69) is 65.9 Å². The Morgan fingerprint density at radius 2 is 1.67 bits per heavy atom. The third-order valence-corrected chi connectivity index (χ3v) is 4.48. The van der Waals surface area contributed by atoms with Gasteiger partial charge >= 0.3 is 0 Å². The van der Waals surface area contributed by atoms with Gasteiger partial charge in [-0.05, 0) is 19.3 Å². The van der Waals surface area contributed by atoms with Crippen LogP contribution in [0.4, 0.5) is 5.69 Å². The van der Waals surface area contributed by atoms with Crippen molar-refractivity contribution in [3.8, 4) is 0 Å². The van der Waals surface area contributed by atoms with Gasteiger partial charge in [0.1, 0.15) is 0 Å². The van der Waals surface area contributed by atoms with E-state index in [0.29, 0.717) is 0 Å². The largest absolute Gasteiger partial charge is 1.00 e. The van der Waals surface area contributed by atoms with Crippen molar-refractivity contribution in [1.29, 1.82) is 0 Å². The normalized spacial score (nSPS) is 21.1. The number of likely N-dealkylation sites (tertiary alicyclic amines) is 1. The maximum absolute atomic E-state index is 2.59. The molecular formula is C18H25IN2. The van der Waals surface area contributed by atoms with Gasteiger partial charge in [-0.25, -0.2) is 0 Å². The summed E-state index contributed by atoms with van der Waals surface area (Å²) < 4.78 is 2.40. The number of benzene rings is 1. The molecule has 0 aliphatic carbocycles. The van der Waals surface area contributed by atoms with Crippen LogP contribution >= 0.6 is 0 Å².